The Hall–Kier alpha value is -1.75. The maximum absolute atomic E-state index is 11.8. The second-order valence-corrected chi connectivity index (χ2v) is 5.26. The number of anilines is 1. The highest BCUT2D eigenvalue weighted by Crippen LogP contribution is 2.37. The molecule has 2 heteroatoms. The molecule has 1 aliphatic rings. The minimum atomic E-state index is -0.431. The topological polar surface area (TPSA) is 29.1 Å². The average molecular weight is 227 g/mol. The largest absolute Gasteiger partial charge is 0.325 e. The van der Waals surface area contributed by atoms with Crippen molar-refractivity contribution in [2.45, 2.75) is 33.1 Å². The number of carbonyl (C=O) groups excluding carboxylic acids is 1. The smallest absolute Gasteiger partial charge is 0.234 e. The summed E-state index contributed by atoms with van der Waals surface area (Å²) in [6, 6.07) is 5.94. The van der Waals surface area contributed by atoms with Gasteiger partial charge in [0.05, 0.1) is 5.41 Å². The highest BCUT2D eigenvalue weighted by Gasteiger charge is 2.38. The standard InChI is InChI=1S/C15H17NO/c1-10(2)5-6-11-7-8-12-13(9-11)16-14(17)15(12,3)4/h7-10H,1-4H3,(H,16,17). The van der Waals surface area contributed by atoms with E-state index in [1.807, 2.05) is 32.0 Å². The van der Waals surface area contributed by atoms with E-state index in [1.165, 1.54) is 0 Å². The number of benzene rings is 1. The third kappa shape index (κ3) is 2.06. The molecule has 17 heavy (non-hydrogen) atoms. The van der Waals surface area contributed by atoms with E-state index in [-0.39, 0.29) is 5.91 Å². The summed E-state index contributed by atoms with van der Waals surface area (Å²) < 4.78 is 0. The van der Waals surface area contributed by atoms with Gasteiger partial charge in [-0.3, -0.25) is 4.79 Å². The van der Waals surface area contributed by atoms with E-state index in [1.54, 1.807) is 0 Å². The van der Waals surface area contributed by atoms with Gasteiger partial charge in [0.15, 0.2) is 0 Å². The zero-order valence-electron chi connectivity index (χ0n) is 10.7. The van der Waals surface area contributed by atoms with E-state index in [9.17, 15) is 4.79 Å². The molecule has 0 spiro atoms. The van der Waals surface area contributed by atoms with Crippen LogP contribution in [0.3, 0.4) is 0 Å². The molecule has 0 aliphatic carbocycles. The molecule has 0 saturated carbocycles. The fourth-order valence-electron chi connectivity index (χ4n) is 1.90. The summed E-state index contributed by atoms with van der Waals surface area (Å²) in [5, 5.41) is 2.91. The quantitative estimate of drug-likeness (QED) is 0.678. The Kier molecular flexibility index (Phi) is 2.71. The molecular weight excluding hydrogens is 210 g/mol. The molecule has 0 unspecified atom stereocenters. The predicted octanol–water partition coefficient (Wildman–Crippen LogP) is 2.92. The summed E-state index contributed by atoms with van der Waals surface area (Å²) in [5.41, 5.74) is 2.47. The van der Waals surface area contributed by atoms with E-state index in [0.29, 0.717) is 5.92 Å². The minimum Gasteiger partial charge on any atom is -0.325 e. The molecule has 0 saturated heterocycles. The summed E-state index contributed by atoms with van der Waals surface area (Å²) in [6.07, 6.45) is 0. The van der Waals surface area contributed by atoms with Gasteiger partial charge in [0, 0.05) is 17.2 Å². The Morgan fingerprint density at radius 3 is 2.65 bits per heavy atom. The van der Waals surface area contributed by atoms with Crippen LogP contribution in [0.1, 0.15) is 38.8 Å². The van der Waals surface area contributed by atoms with Gasteiger partial charge in [-0.1, -0.05) is 31.8 Å². The van der Waals surface area contributed by atoms with E-state index < -0.39 is 5.41 Å². The summed E-state index contributed by atoms with van der Waals surface area (Å²) in [5.74, 6) is 6.65. The minimum absolute atomic E-state index is 0.0569. The van der Waals surface area contributed by atoms with Crippen molar-refractivity contribution < 1.29 is 4.79 Å². The summed E-state index contributed by atoms with van der Waals surface area (Å²) >= 11 is 0. The van der Waals surface area contributed by atoms with Crippen LogP contribution >= 0.6 is 0 Å². The molecule has 1 amide bonds. The Morgan fingerprint density at radius 1 is 1.29 bits per heavy atom. The lowest BCUT2D eigenvalue weighted by atomic mass is 9.86. The molecule has 0 bridgehead atoms. The third-order valence-electron chi connectivity index (χ3n) is 3.01. The monoisotopic (exact) mass is 227 g/mol. The molecule has 1 N–H and O–H groups in total. The molecule has 88 valence electrons. The summed E-state index contributed by atoms with van der Waals surface area (Å²) in [4.78, 5) is 11.8. The highest BCUT2D eigenvalue weighted by atomic mass is 16.2. The van der Waals surface area contributed by atoms with Crippen molar-refractivity contribution in [1.82, 2.24) is 0 Å². The van der Waals surface area contributed by atoms with Gasteiger partial charge >= 0.3 is 0 Å². The SMILES string of the molecule is CC(C)C#Cc1ccc2c(c1)NC(=O)C2(C)C. The summed E-state index contributed by atoms with van der Waals surface area (Å²) in [7, 11) is 0. The second-order valence-electron chi connectivity index (χ2n) is 5.26. The maximum atomic E-state index is 11.8. The number of nitrogens with one attached hydrogen (secondary N) is 1. The van der Waals surface area contributed by atoms with Gasteiger partial charge in [-0.25, -0.2) is 0 Å². The Labute approximate surface area is 102 Å². The van der Waals surface area contributed by atoms with Crippen molar-refractivity contribution in [3.8, 4) is 11.8 Å². The van der Waals surface area contributed by atoms with Gasteiger partial charge in [0.2, 0.25) is 5.91 Å². The van der Waals surface area contributed by atoms with E-state index in [4.69, 9.17) is 0 Å². The predicted molar refractivity (Wildman–Crippen MR) is 69.8 cm³/mol. The van der Waals surface area contributed by atoms with Crippen LogP contribution in [0.25, 0.3) is 0 Å². The Balaban J connectivity index is 2.40. The fraction of sp³-hybridized carbons (Fsp3) is 0.400. The van der Waals surface area contributed by atoms with Gasteiger partial charge < -0.3 is 5.32 Å². The number of amides is 1. The van der Waals surface area contributed by atoms with Crippen molar-refractivity contribution in [2.24, 2.45) is 5.92 Å². The van der Waals surface area contributed by atoms with Crippen molar-refractivity contribution in [2.75, 3.05) is 5.32 Å². The van der Waals surface area contributed by atoms with Gasteiger partial charge in [-0.05, 0) is 31.5 Å². The maximum Gasteiger partial charge on any atom is 0.234 e. The molecule has 0 fully saturated rings. The molecule has 1 heterocycles. The molecule has 2 nitrogen and oxygen atoms in total. The van der Waals surface area contributed by atoms with Crippen LogP contribution < -0.4 is 5.32 Å². The molecular formula is C15H17NO. The lowest BCUT2D eigenvalue weighted by molar-refractivity contribution is -0.119. The number of carbonyl (C=O) groups is 1. The normalized spacial score (nSPS) is 16.2. The molecule has 0 atom stereocenters. The van der Waals surface area contributed by atoms with E-state index in [2.05, 4.69) is 31.0 Å². The average Bonchev–Trinajstić information content (AvgIpc) is 2.47. The molecule has 2 rings (SSSR count). The first-order valence-electron chi connectivity index (χ1n) is 5.89. The van der Waals surface area contributed by atoms with Crippen LogP contribution in [0.5, 0.6) is 0 Å². The first-order valence-corrected chi connectivity index (χ1v) is 5.89. The van der Waals surface area contributed by atoms with E-state index >= 15 is 0 Å². The van der Waals surface area contributed by atoms with Crippen molar-refractivity contribution in [1.29, 1.82) is 0 Å². The van der Waals surface area contributed by atoms with Gasteiger partial charge in [-0.2, -0.15) is 0 Å². The zero-order valence-corrected chi connectivity index (χ0v) is 10.7. The van der Waals surface area contributed by atoms with Crippen molar-refractivity contribution in [3.63, 3.8) is 0 Å². The molecule has 0 aromatic heterocycles. The molecule has 0 radical (unpaired) electrons. The van der Waals surface area contributed by atoms with Crippen LogP contribution in [0.4, 0.5) is 5.69 Å². The van der Waals surface area contributed by atoms with Crippen LogP contribution in [0.15, 0.2) is 18.2 Å². The second kappa shape index (κ2) is 3.92. The molecule has 1 aromatic rings. The zero-order chi connectivity index (χ0) is 12.6. The van der Waals surface area contributed by atoms with E-state index in [0.717, 1.165) is 16.8 Å². The first kappa shape index (κ1) is 11.7. The van der Waals surface area contributed by atoms with Crippen LogP contribution in [-0.2, 0) is 10.2 Å². The van der Waals surface area contributed by atoms with Crippen molar-refractivity contribution in [3.05, 3.63) is 29.3 Å². The number of fused-ring (bicyclic) bond motifs is 1. The van der Waals surface area contributed by atoms with Crippen LogP contribution in [0.2, 0.25) is 0 Å². The first-order chi connectivity index (χ1) is 7.91. The lowest BCUT2D eigenvalue weighted by Gasteiger charge is -2.14. The lowest BCUT2D eigenvalue weighted by Crippen LogP contribution is -2.26. The Morgan fingerprint density at radius 2 is 2.00 bits per heavy atom. The Bertz CT molecular complexity index is 530. The van der Waals surface area contributed by atoms with Gasteiger partial charge in [0.25, 0.3) is 0 Å². The molecule has 1 aliphatic heterocycles. The highest BCUT2D eigenvalue weighted by molar-refractivity contribution is 6.05. The van der Waals surface area contributed by atoms with Gasteiger partial charge in [-0.15, -0.1) is 0 Å². The number of hydrogen-bond donors (Lipinski definition) is 1. The number of rotatable bonds is 0. The van der Waals surface area contributed by atoms with Crippen LogP contribution in [0, 0.1) is 17.8 Å². The fourth-order valence-corrected chi connectivity index (χ4v) is 1.90. The van der Waals surface area contributed by atoms with Crippen LogP contribution in [-0.4, -0.2) is 5.91 Å². The van der Waals surface area contributed by atoms with Crippen molar-refractivity contribution >= 4 is 11.6 Å². The molecule has 1 aromatic carbocycles. The van der Waals surface area contributed by atoms with Gasteiger partial charge in [0.1, 0.15) is 0 Å². The summed E-state index contributed by atoms with van der Waals surface area (Å²) in [6.45, 7) is 8.00. The third-order valence-corrected chi connectivity index (χ3v) is 3.01. The number of hydrogen-bond acceptors (Lipinski definition) is 1.